The second-order valence-corrected chi connectivity index (χ2v) is 8.93. The van der Waals surface area contributed by atoms with Gasteiger partial charge in [0.25, 0.3) is 10.0 Å². The Hall–Kier alpha value is -3.79. The minimum atomic E-state index is -3.86. The molecule has 180 valence electrons. The Bertz CT molecular complexity index is 1280. The topological polar surface area (TPSA) is 120 Å². The van der Waals surface area contributed by atoms with Crippen LogP contribution in [0.5, 0.6) is 11.5 Å². The Balaban J connectivity index is 1.65. The first-order chi connectivity index (χ1) is 16.2. The standard InChI is InChI=1S/C24H27N3O6S/c1-5-31-21-13-7-18(15-22(21)32-6-2)8-14-23(28)25-19-9-11-20(12-10-19)34(29,30)27-24-16(3)17(4)26-33-24/h7-15,27H,5-6H2,1-4H3,(H,25,28). The summed E-state index contributed by atoms with van der Waals surface area (Å²) in [5, 5.41) is 6.44. The number of amides is 1. The molecule has 10 heteroatoms. The number of hydrogen-bond acceptors (Lipinski definition) is 7. The molecule has 0 bridgehead atoms. The van der Waals surface area contributed by atoms with E-state index in [1.807, 2.05) is 19.9 Å². The van der Waals surface area contributed by atoms with Crippen LogP contribution in [0.4, 0.5) is 11.6 Å². The minimum absolute atomic E-state index is 0.0207. The molecule has 0 spiro atoms. The molecule has 1 amide bonds. The molecule has 1 aromatic heterocycles. The number of sulfonamides is 1. The number of anilines is 2. The minimum Gasteiger partial charge on any atom is -0.490 e. The van der Waals surface area contributed by atoms with E-state index < -0.39 is 10.0 Å². The zero-order chi connectivity index (χ0) is 24.7. The third kappa shape index (κ3) is 6.16. The number of nitrogens with one attached hydrogen (secondary N) is 2. The number of hydrogen-bond donors (Lipinski definition) is 2. The summed E-state index contributed by atoms with van der Waals surface area (Å²) in [6, 6.07) is 11.2. The van der Waals surface area contributed by atoms with E-state index >= 15 is 0 Å². The van der Waals surface area contributed by atoms with Crippen molar-refractivity contribution in [3.63, 3.8) is 0 Å². The van der Waals surface area contributed by atoms with Gasteiger partial charge in [0.2, 0.25) is 11.8 Å². The Morgan fingerprint density at radius 2 is 1.71 bits per heavy atom. The molecule has 0 aliphatic heterocycles. The lowest BCUT2D eigenvalue weighted by atomic mass is 10.2. The molecular weight excluding hydrogens is 458 g/mol. The molecular formula is C24H27N3O6S. The highest BCUT2D eigenvalue weighted by Crippen LogP contribution is 2.29. The summed E-state index contributed by atoms with van der Waals surface area (Å²) in [4.78, 5) is 12.3. The first-order valence-electron chi connectivity index (χ1n) is 10.7. The van der Waals surface area contributed by atoms with Gasteiger partial charge in [-0.15, -0.1) is 0 Å². The van der Waals surface area contributed by atoms with Gasteiger partial charge in [0, 0.05) is 17.3 Å². The normalized spacial score (nSPS) is 11.4. The lowest BCUT2D eigenvalue weighted by molar-refractivity contribution is -0.111. The fraction of sp³-hybridized carbons (Fsp3) is 0.250. The van der Waals surface area contributed by atoms with Crippen LogP contribution in [0.3, 0.4) is 0 Å². The van der Waals surface area contributed by atoms with Crippen molar-refractivity contribution in [2.45, 2.75) is 32.6 Å². The van der Waals surface area contributed by atoms with Crippen LogP contribution in [-0.4, -0.2) is 32.7 Å². The van der Waals surface area contributed by atoms with Gasteiger partial charge in [0.05, 0.1) is 23.8 Å². The fourth-order valence-electron chi connectivity index (χ4n) is 2.94. The van der Waals surface area contributed by atoms with Gasteiger partial charge in [-0.05, 0) is 75.7 Å². The maximum atomic E-state index is 12.6. The third-order valence-corrected chi connectivity index (χ3v) is 6.16. The second kappa shape index (κ2) is 10.9. The van der Waals surface area contributed by atoms with Crippen molar-refractivity contribution in [1.82, 2.24) is 5.16 Å². The number of carbonyl (C=O) groups excluding carboxylic acids is 1. The summed E-state index contributed by atoms with van der Waals surface area (Å²) < 4.78 is 43.7. The number of rotatable bonds is 10. The monoisotopic (exact) mass is 485 g/mol. The molecule has 1 heterocycles. The molecule has 0 unspecified atom stereocenters. The third-order valence-electron chi connectivity index (χ3n) is 4.81. The van der Waals surface area contributed by atoms with Crippen molar-refractivity contribution in [3.8, 4) is 11.5 Å². The molecule has 2 aromatic carbocycles. The largest absolute Gasteiger partial charge is 0.490 e. The molecule has 34 heavy (non-hydrogen) atoms. The Morgan fingerprint density at radius 3 is 2.32 bits per heavy atom. The lowest BCUT2D eigenvalue weighted by Crippen LogP contribution is -2.13. The van der Waals surface area contributed by atoms with Crippen LogP contribution in [-0.2, 0) is 14.8 Å². The number of nitrogens with zero attached hydrogens (tertiary/aromatic N) is 1. The van der Waals surface area contributed by atoms with Crippen LogP contribution in [0, 0.1) is 13.8 Å². The van der Waals surface area contributed by atoms with Crippen molar-refractivity contribution in [2.75, 3.05) is 23.3 Å². The lowest BCUT2D eigenvalue weighted by Gasteiger charge is -2.11. The van der Waals surface area contributed by atoms with E-state index in [4.69, 9.17) is 14.0 Å². The van der Waals surface area contributed by atoms with Crippen LogP contribution < -0.4 is 19.5 Å². The van der Waals surface area contributed by atoms with Crippen molar-refractivity contribution >= 4 is 33.6 Å². The Labute approximate surface area is 198 Å². The van der Waals surface area contributed by atoms with Crippen molar-refractivity contribution in [1.29, 1.82) is 0 Å². The quantitative estimate of drug-likeness (QED) is 0.405. The highest BCUT2D eigenvalue weighted by Gasteiger charge is 2.19. The molecule has 2 N–H and O–H groups in total. The van der Waals surface area contributed by atoms with Crippen molar-refractivity contribution in [2.24, 2.45) is 0 Å². The van der Waals surface area contributed by atoms with E-state index in [-0.39, 0.29) is 16.7 Å². The van der Waals surface area contributed by atoms with Crippen LogP contribution in [0.1, 0.15) is 30.7 Å². The second-order valence-electron chi connectivity index (χ2n) is 7.25. The van der Waals surface area contributed by atoms with Crippen molar-refractivity contribution in [3.05, 3.63) is 65.4 Å². The number of carbonyl (C=O) groups is 1. The van der Waals surface area contributed by atoms with Crippen LogP contribution in [0.15, 0.2) is 58.0 Å². The highest BCUT2D eigenvalue weighted by molar-refractivity contribution is 7.92. The summed E-state index contributed by atoms with van der Waals surface area (Å²) in [5.41, 5.74) is 2.43. The SMILES string of the molecule is CCOc1ccc(C=CC(=O)Nc2ccc(S(=O)(=O)Nc3onc(C)c3C)cc2)cc1OCC. The van der Waals surface area contributed by atoms with Gasteiger partial charge < -0.3 is 19.3 Å². The fourth-order valence-corrected chi connectivity index (χ4v) is 3.98. The van der Waals surface area contributed by atoms with E-state index in [1.54, 1.807) is 32.1 Å². The summed E-state index contributed by atoms with van der Waals surface area (Å²) in [6.07, 6.45) is 3.03. The highest BCUT2D eigenvalue weighted by atomic mass is 32.2. The van der Waals surface area contributed by atoms with Gasteiger partial charge in [-0.25, -0.2) is 13.1 Å². The van der Waals surface area contributed by atoms with Gasteiger partial charge in [-0.1, -0.05) is 11.2 Å². The summed E-state index contributed by atoms with van der Waals surface area (Å²) in [5.74, 6) is 0.951. The van der Waals surface area contributed by atoms with Gasteiger partial charge >= 0.3 is 0 Å². The Kier molecular flexibility index (Phi) is 7.95. The van der Waals surface area contributed by atoms with E-state index in [9.17, 15) is 13.2 Å². The van der Waals surface area contributed by atoms with Gasteiger partial charge in [-0.2, -0.15) is 0 Å². The number of ether oxygens (including phenoxy) is 2. The molecule has 0 saturated carbocycles. The van der Waals surface area contributed by atoms with E-state index in [0.29, 0.717) is 41.7 Å². The average Bonchev–Trinajstić information content (AvgIpc) is 3.11. The molecule has 3 aromatic rings. The van der Waals surface area contributed by atoms with Crippen LogP contribution >= 0.6 is 0 Å². The smallest absolute Gasteiger partial charge is 0.264 e. The maximum Gasteiger partial charge on any atom is 0.264 e. The van der Waals surface area contributed by atoms with Crippen molar-refractivity contribution < 1.29 is 27.2 Å². The molecule has 0 fully saturated rings. The zero-order valence-electron chi connectivity index (χ0n) is 19.4. The van der Waals surface area contributed by atoms with E-state index in [0.717, 1.165) is 5.56 Å². The number of aryl methyl sites for hydroxylation is 1. The number of aromatic nitrogens is 1. The molecule has 0 aliphatic carbocycles. The first kappa shape index (κ1) is 24.8. The average molecular weight is 486 g/mol. The summed E-state index contributed by atoms with van der Waals surface area (Å²) in [7, 11) is -3.86. The van der Waals surface area contributed by atoms with E-state index in [1.165, 1.54) is 30.3 Å². The van der Waals surface area contributed by atoms with Gasteiger partial charge in [-0.3, -0.25) is 4.79 Å². The summed E-state index contributed by atoms with van der Waals surface area (Å²) >= 11 is 0. The summed E-state index contributed by atoms with van der Waals surface area (Å²) in [6.45, 7) is 8.22. The first-order valence-corrected chi connectivity index (χ1v) is 12.2. The van der Waals surface area contributed by atoms with E-state index in [2.05, 4.69) is 15.2 Å². The van der Waals surface area contributed by atoms with Gasteiger partial charge in [0.1, 0.15) is 0 Å². The predicted octanol–water partition coefficient (Wildman–Crippen LogP) is 4.54. The molecule has 0 atom stereocenters. The molecule has 0 radical (unpaired) electrons. The molecule has 0 aliphatic rings. The molecule has 0 saturated heterocycles. The zero-order valence-corrected chi connectivity index (χ0v) is 20.2. The Morgan fingerprint density at radius 1 is 1.03 bits per heavy atom. The number of benzene rings is 2. The van der Waals surface area contributed by atoms with Crippen LogP contribution in [0.25, 0.3) is 6.08 Å². The molecule has 9 nitrogen and oxygen atoms in total. The van der Waals surface area contributed by atoms with Crippen LogP contribution in [0.2, 0.25) is 0 Å². The maximum absolute atomic E-state index is 12.6. The predicted molar refractivity (Wildman–Crippen MR) is 130 cm³/mol. The molecule has 3 rings (SSSR count). The van der Waals surface area contributed by atoms with Gasteiger partial charge in [0.15, 0.2) is 11.5 Å².